The Labute approximate surface area is 122 Å². The molecule has 0 saturated heterocycles. The minimum atomic E-state index is -0.388. The molecule has 0 aliphatic carbocycles. The van der Waals surface area contributed by atoms with Gasteiger partial charge in [0.05, 0.1) is 11.0 Å². The predicted octanol–water partition coefficient (Wildman–Crippen LogP) is 3.39. The number of aromatic nitrogens is 1. The van der Waals surface area contributed by atoms with Gasteiger partial charge in [0, 0.05) is 24.4 Å². The second-order valence-electron chi connectivity index (χ2n) is 4.76. The summed E-state index contributed by atoms with van der Waals surface area (Å²) in [5.74, 6) is 1.20. The fourth-order valence-electron chi connectivity index (χ4n) is 1.89. The van der Waals surface area contributed by atoms with Crippen molar-refractivity contribution < 1.29 is 9.66 Å². The van der Waals surface area contributed by atoms with Gasteiger partial charge in [-0.3, -0.25) is 10.1 Å². The third kappa shape index (κ3) is 3.92. The summed E-state index contributed by atoms with van der Waals surface area (Å²) >= 11 is 0. The number of pyridine rings is 1. The van der Waals surface area contributed by atoms with Gasteiger partial charge in [-0.25, -0.2) is 4.98 Å². The van der Waals surface area contributed by atoms with Crippen LogP contribution in [-0.2, 0) is 6.54 Å². The van der Waals surface area contributed by atoms with Crippen molar-refractivity contribution in [2.75, 3.05) is 5.32 Å². The molecule has 21 heavy (non-hydrogen) atoms. The van der Waals surface area contributed by atoms with Gasteiger partial charge < -0.3 is 10.1 Å². The Balaban J connectivity index is 2.15. The highest BCUT2D eigenvalue weighted by Crippen LogP contribution is 2.24. The zero-order chi connectivity index (χ0) is 15.2. The lowest BCUT2D eigenvalue weighted by Crippen LogP contribution is -2.10. The van der Waals surface area contributed by atoms with Crippen molar-refractivity contribution >= 4 is 11.5 Å². The molecular formula is C15H17N3O3. The highest BCUT2D eigenvalue weighted by molar-refractivity contribution is 5.51. The van der Waals surface area contributed by atoms with E-state index in [1.165, 1.54) is 6.07 Å². The number of rotatable bonds is 6. The SMILES string of the molecule is CC(C)Oc1cccnc1NCc1ccccc1[N+](=O)[O-]. The molecule has 2 aromatic rings. The number of anilines is 1. The van der Waals surface area contributed by atoms with Crippen LogP contribution in [0.2, 0.25) is 0 Å². The van der Waals surface area contributed by atoms with Gasteiger partial charge >= 0.3 is 0 Å². The standard InChI is InChI=1S/C15H17N3O3/c1-11(2)21-14-8-5-9-16-15(14)17-10-12-6-3-4-7-13(12)18(19)20/h3-9,11H,10H2,1-2H3,(H,16,17). The summed E-state index contributed by atoms with van der Waals surface area (Å²) in [6.45, 7) is 4.17. The minimum Gasteiger partial charge on any atom is -0.487 e. The van der Waals surface area contributed by atoms with E-state index in [1.54, 1.807) is 30.5 Å². The number of hydrogen-bond acceptors (Lipinski definition) is 5. The first-order chi connectivity index (χ1) is 10.1. The van der Waals surface area contributed by atoms with E-state index in [4.69, 9.17) is 4.74 Å². The third-order valence-corrected chi connectivity index (χ3v) is 2.77. The smallest absolute Gasteiger partial charge is 0.274 e. The molecule has 1 aromatic carbocycles. The molecule has 0 spiro atoms. The summed E-state index contributed by atoms with van der Waals surface area (Å²) in [5, 5.41) is 14.1. The number of nitro benzene ring substituents is 1. The molecule has 6 heteroatoms. The Hall–Kier alpha value is -2.63. The van der Waals surface area contributed by atoms with Crippen LogP contribution in [0.25, 0.3) is 0 Å². The maximum atomic E-state index is 11.0. The first kappa shape index (κ1) is 14.8. The van der Waals surface area contributed by atoms with Gasteiger partial charge in [0.25, 0.3) is 5.69 Å². The molecular weight excluding hydrogens is 270 g/mol. The lowest BCUT2D eigenvalue weighted by Gasteiger charge is -2.14. The summed E-state index contributed by atoms with van der Waals surface area (Å²) < 4.78 is 5.65. The van der Waals surface area contributed by atoms with Crippen LogP contribution in [0.4, 0.5) is 11.5 Å². The third-order valence-electron chi connectivity index (χ3n) is 2.77. The van der Waals surface area contributed by atoms with Gasteiger partial charge in [-0.1, -0.05) is 18.2 Å². The molecule has 0 aliphatic rings. The molecule has 1 N–H and O–H groups in total. The molecule has 0 fully saturated rings. The van der Waals surface area contributed by atoms with Gasteiger partial charge in [-0.2, -0.15) is 0 Å². The second kappa shape index (κ2) is 6.69. The van der Waals surface area contributed by atoms with Crippen LogP contribution in [0, 0.1) is 10.1 Å². The number of benzene rings is 1. The van der Waals surface area contributed by atoms with E-state index < -0.39 is 0 Å². The van der Waals surface area contributed by atoms with Crippen molar-refractivity contribution in [2.45, 2.75) is 26.5 Å². The van der Waals surface area contributed by atoms with Gasteiger partial charge in [-0.15, -0.1) is 0 Å². The highest BCUT2D eigenvalue weighted by atomic mass is 16.6. The summed E-state index contributed by atoms with van der Waals surface area (Å²) in [7, 11) is 0. The fraction of sp³-hybridized carbons (Fsp3) is 0.267. The number of nitrogens with zero attached hydrogens (tertiary/aromatic N) is 2. The molecule has 110 valence electrons. The normalized spacial score (nSPS) is 10.4. The molecule has 0 unspecified atom stereocenters. The molecule has 1 aromatic heterocycles. The quantitative estimate of drug-likeness (QED) is 0.651. The van der Waals surface area contributed by atoms with Crippen LogP contribution in [-0.4, -0.2) is 16.0 Å². The van der Waals surface area contributed by atoms with E-state index in [0.29, 0.717) is 23.7 Å². The van der Waals surface area contributed by atoms with Crippen molar-refractivity contribution in [3.63, 3.8) is 0 Å². The number of para-hydroxylation sites is 1. The van der Waals surface area contributed by atoms with Gasteiger partial charge in [0.1, 0.15) is 0 Å². The topological polar surface area (TPSA) is 77.3 Å². The van der Waals surface area contributed by atoms with E-state index in [2.05, 4.69) is 10.3 Å². The highest BCUT2D eigenvalue weighted by Gasteiger charge is 2.13. The Morgan fingerprint density at radius 3 is 2.76 bits per heavy atom. The van der Waals surface area contributed by atoms with Gasteiger partial charge in [0.2, 0.25) is 0 Å². The lowest BCUT2D eigenvalue weighted by atomic mass is 10.2. The number of ether oxygens (including phenoxy) is 1. The first-order valence-electron chi connectivity index (χ1n) is 6.65. The van der Waals surface area contributed by atoms with Gasteiger partial charge in [0.15, 0.2) is 11.6 Å². The average molecular weight is 287 g/mol. The first-order valence-corrected chi connectivity index (χ1v) is 6.65. The largest absolute Gasteiger partial charge is 0.487 e. The van der Waals surface area contributed by atoms with Crippen molar-refractivity contribution in [3.8, 4) is 5.75 Å². The summed E-state index contributed by atoms with van der Waals surface area (Å²) in [5.41, 5.74) is 0.691. The van der Waals surface area contributed by atoms with Crippen molar-refractivity contribution in [1.82, 2.24) is 4.98 Å². The number of nitro groups is 1. The van der Waals surface area contributed by atoms with Crippen LogP contribution in [0.5, 0.6) is 5.75 Å². The van der Waals surface area contributed by atoms with E-state index in [0.717, 1.165) is 0 Å². The van der Waals surface area contributed by atoms with Crippen molar-refractivity contribution in [3.05, 3.63) is 58.3 Å². The van der Waals surface area contributed by atoms with Crippen LogP contribution in [0.15, 0.2) is 42.6 Å². The maximum Gasteiger partial charge on any atom is 0.274 e. The van der Waals surface area contributed by atoms with Crippen molar-refractivity contribution in [2.24, 2.45) is 0 Å². The Kier molecular flexibility index (Phi) is 4.71. The number of hydrogen-bond donors (Lipinski definition) is 1. The number of nitrogens with one attached hydrogen (secondary N) is 1. The average Bonchev–Trinajstić information content (AvgIpc) is 2.46. The lowest BCUT2D eigenvalue weighted by molar-refractivity contribution is -0.385. The second-order valence-corrected chi connectivity index (χ2v) is 4.76. The minimum absolute atomic E-state index is 0.0285. The Bertz CT molecular complexity index is 629. The molecule has 0 amide bonds. The van der Waals surface area contributed by atoms with E-state index >= 15 is 0 Å². The van der Waals surface area contributed by atoms with Crippen molar-refractivity contribution in [1.29, 1.82) is 0 Å². The molecule has 1 heterocycles. The molecule has 6 nitrogen and oxygen atoms in total. The molecule has 0 radical (unpaired) electrons. The zero-order valence-corrected chi connectivity index (χ0v) is 11.9. The Morgan fingerprint density at radius 1 is 1.29 bits per heavy atom. The van der Waals surface area contributed by atoms with E-state index in [9.17, 15) is 10.1 Å². The zero-order valence-electron chi connectivity index (χ0n) is 11.9. The summed E-state index contributed by atoms with van der Waals surface area (Å²) in [6.07, 6.45) is 1.68. The summed E-state index contributed by atoms with van der Waals surface area (Å²) in [4.78, 5) is 14.8. The van der Waals surface area contributed by atoms with Crippen LogP contribution >= 0.6 is 0 Å². The van der Waals surface area contributed by atoms with E-state index in [1.807, 2.05) is 19.9 Å². The molecule has 0 bridgehead atoms. The maximum absolute atomic E-state index is 11.0. The van der Waals surface area contributed by atoms with Crippen LogP contribution in [0.1, 0.15) is 19.4 Å². The van der Waals surface area contributed by atoms with E-state index in [-0.39, 0.29) is 16.7 Å². The molecule has 0 atom stereocenters. The molecule has 0 saturated carbocycles. The van der Waals surface area contributed by atoms with Gasteiger partial charge in [-0.05, 0) is 26.0 Å². The molecule has 0 aliphatic heterocycles. The summed E-state index contributed by atoms with van der Waals surface area (Å²) in [6, 6.07) is 10.2. The van der Waals surface area contributed by atoms with Crippen LogP contribution in [0.3, 0.4) is 0 Å². The van der Waals surface area contributed by atoms with Crippen LogP contribution < -0.4 is 10.1 Å². The molecule has 2 rings (SSSR count). The fourth-order valence-corrected chi connectivity index (χ4v) is 1.89. The Morgan fingerprint density at radius 2 is 2.05 bits per heavy atom. The monoisotopic (exact) mass is 287 g/mol. The predicted molar refractivity (Wildman–Crippen MR) is 80.4 cm³/mol.